The Kier molecular flexibility index (Phi) is 10.1. The van der Waals surface area contributed by atoms with Crippen LogP contribution in [0.25, 0.3) is 0 Å². The molecule has 0 amide bonds. The van der Waals surface area contributed by atoms with Gasteiger partial charge in [-0.25, -0.2) is 8.78 Å². The number of aryl methyl sites for hydroxylation is 1. The molecule has 1 aromatic carbocycles. The first-order chi connectivity index (χ1) is 14.3. The minimum absolute atomic E-state index is 0.373. The molecular formula is C24H33F5O. The summed E-state index contributed by atoms with van der Waals surface area (Å²) in [5.74, 6) is -2.72. The highest BCUT2D eigenvalue weighted by atomic mass is 19.4. The number of rotatable bonds is 11. The van der Waals surface area contributed by atoms with E-state index in [1.54, 1.807) is 0 Å². The number of ether oxygens (including phenoxy) is 1. The van der Waals surface area contributed by atoms with Crippen molar-refractivity contribution in [2.45, 2.75) is 90.3 Å². The molecule has 1 saturated carbocycles. The van der Waals surface area contributed by atoms with E-state index < -0.39 is 23.7 Å². The smallest absolute Gasteiger partial charge is 0.399 e. The Morgan fingerprint density at radius 2 is 1.47 bits per heavy atom. The highest BCUT2D eigenvalue weighted by Gasteiger charge is 2.34. The van der Waals surface area contributed by atoms with Crippen molar-refractivity contribution in [2.75, 3.05) is 0 Å². The van der Waals surface area contributed by atoms with E-state index in [-0.39, 0.29) is 0 Å². The van der Waals surface area contributed by atoms with Gasteiger partial charge in [-0.2, -0.15) is 0 Å². The van der Waals surface area contributed by atoms with Crippen molar-refractivity contribution in [2.24, 2.45) is 11.8 Å². The minimum atomic E-state index is -5.12. The standard InChI is InChI=1S/C24H33F5O/c1-2-3-4-5-6-7-8-9-18-10-12-19(13-11-18)14-15-20-16-21(25)23(22(26)17-20)30-24(27,28)29/h4-5,16-19H,2-3,6-15H2,1H3/b5-4+. The summed E-state index contributed by atoms with van der Waals surface area (Å²) < 4.78 is 67.8. The van der Waals surface area contributed by atoms with Crippen LogP contribution in [0.2, 0.25) is 0 Å². The first-order valence-electron chi connectivity index (χ1n) is 11.2. The summed E-state index contributed by atoms with van der Waals surface area (Å²) in [4.78, 5) is 0. The summed E-state index contributed by atoms with van der Waals surface area (Å²) in [6.07, 6.45) is 12.6. The third-order valence-electron chi connectivity index (χ3n) is 5.94. The largest absolute Gasteiger partial charge is 0.573 e. The Balaban J connectivity index is 1.68. The van der Waals surface area contributed by atoms with Gasteiger partial charge in [-0.1, -0.05) is 64.0 Å². The average molecular weight is 433 g/mol. The van der Waals surface area contributed by atoms with Crippen LogP contribution in [0.3, 0.4) is 0 Å². The molecule has 1 aliphatic carbocycles. The number of unbranched alkanes of at least 4 members (excludes halogenated alkanes) is 3. The second kappa shape index (κ2) is 12.3. The van der Waals surface area contributed by atoms with Crippen LogP contribution in [-0.2, 0) is 6.42 Å². The second-order valence-corrected chi connectivity index (χ2v) is 8.41. The van der Waals surface area contributed by atoms with Gasteiger partial charge in [0.05, 0.1) is 0 Å². The summed E-state index contributed by atoms with van der Waals surface area (Å²) in [6.45, 7) is 2.18. The topological polar surface area (TPSA) is 9.23 Å². The molecule has 0 spiro atoms. The molecule has 2 rings (SSSR count). The molecule has 0 aromatic heterocycles. The lowest BCUT2D eigenvalue weighted by Crippen LogP contribution is -2.19. The zero-order valence-corrected chi connectivity index (χ0v) is 17.7. The molecule has 0 aliphatic heterocycles. The molecule has 30 heavy (non-hydrogen) atoms. The van der Waals surface area contributed by atoms with Gasteiger partial charge in [0.2, 0.25) is 5.75 Å². The number of hydrogen-bond acceptors (Lipinski definition) is 1. The van der Waals surface area contributed by atoms with Gasteiger partial charge in [0.1, 0.15) is 0 Å². The Labute approximate surface area is 176 Å². The van der Waals surface area contributed by atoms with Crippen LogP contribution < -0.4 is 4.74 Å². The molecule has 1 aliphatic rings. The van der Waals surface area contributed by atoms with Crippen molar-refractivity contribution in [3.05, 3.63) is 41.5 Å². The Bertz CT molecular complexity index is 637. The van der Waals surface area contributed by atoms with Gasteiger partial charge in [0.15, 0.2) is 11.6 Å². The molecule has 0 bridgehead atoms. The molecule has 0 atom stereocenters. The second-order valence-electron chi connectivity index (χ2n) is 8.41. The molecule has 1 nitrogen and oxygen atoms in total. The van der Waals surface area contributed by atoms with Crippen LogP contribution in [-0.4, -0.2) is 6.36 Å². The van der Waals surface area contributed by atoms with E-state index in [1.165, 1.54) is 38.5 Å². The van der Waals surface area contributed by atoms with Gasteiger partial charge in [0, 0.05) is 0 Å². The van der Waals surface area contributed by atoms with Crippen molar-refractivity contribution in [1.82, 2.24) is 0 Å². The van der Waals surface area contributed by atoms with E-state index >= 15 is 0 Å². The maximum absolute atomic E-state index is 13.8. The fraction of sp³-hybridized carbons (Fsp3) is 0.667. The van der Waals surface area contributed by atoms with Crippen LogP contribution in [0.15, 0.2) is 24.3 Å². The zero-order chi connectivity index (χ0) is 22.0. The molecular weight excluding hydrogens is 399 g/mol. The van der Waals surface area contributed by atoms with Crippen molar-refractivity contribution in [3.63, 3.8) is 0 Å². The molecule has 1 aromatic rings. The molecule has 0 N–H and O–H groups in total. The van der Waals surface area contributed by atoms with E-state index in [0.29, 0.717) is 17.9 Å². The molecule has 170 valence electrons. The van der Waals surface area contributed by atoms with Crippen LogP contribution in [0.1, 0.15) is 83.1 Å². The first-order valence-corrected chi connectivity index (χ1v) is 11.2. The van der Waals surface area contributed by atoms with Crippen molar-refractivity contribution in [3.8, 4) is 5.75 Å². The van der Waals surface area contributed by atoms with Gasteiger partial charge < -0.3 is 4.74 Å². The summed E-state index contributed by atoms with van der Waals surface area (Å²) >= 11 is 0. The average Bonchev–Trinajstić information content (AvgIpc) is 2.69. The monoisotopic (exact) mass is 432 g/mol. The molecule has 0 heterocycles. The highest BCUT2D eigenvalue weighted by molar-refractivity contribution is 5.31. The third kappa shape index (κ3) is 9.05. The number of benzene rings is 1. The maximum atomic E-state index is 13.8. The number of alkyl halides is 3. The van der Waals surface area contributed by atoms with Crippen LogP contribution in [0, 0.1) is 23.5 Å². The van der Waals surface area contributed by atoms with Gasteiger partial charge in [-0.05, 0) is 61.6 Å². The molecule has 0 saturated heterocycles. The lowest BCUT2D eigenvalue weighted by molar-refractivity contribution is -0.276. The van der Waals surface area contributed by atoms with Gasteiger partial charge in [-0.3, -0.25) is 0 Å². The van der Waals surface area contributed by atoms with E-state index in [9.17, 15) is 22.0 Å². The lowest BCUT2D eigenvalue weighted by atomic mass is 9.78. The third-order valence-corrected chi connectivity index (χ3v) is 5.94. The van der Waals surface area contributed by atoms with Gasteiger partial charge in [-0.15, -0.1) is 13.2 Å². The predicted molar refractivity (Wildman–Crippen MR) is 109 cm³/mol. The van der Waals surface area contributed by atoms with Crippen LogP contribution in [0.4, 0.5) is 22.0 Å². The zero-order valence-electron chi connectivity index (χ0n) is 17.7. The minimum Gasteiger partial charge on any atom is -0.399 e. The van der Waals surface area contributed by atoms with E-state index in [2.05, 4.69) is 23.8 Å². The fourth-order valence-corrected chi connectivity index (χ4v) is 4.25. The van der Waals surface area contributed by atoms with Crippen LogP contribution >= 0.6 is 0 Å². The summed E-state index contributed by atoms with van der Waals surface area (Å²) in [7, 11) is 0. The summed E-state index contributed by atoms with van der Waals surface area (Å²) in [6, 6.07) is 1.90. The maximum Gasteiger partial charge on any atom is 0.573 e. The number of halogens is 5. The van der Waals surface area contributed by atoms with Gasteiger partial charge >= 0.3 is 6.36 Å². The number of allylic oxidation sites excluding steroid dienone is 2. The van der Waals surface area contributed by atoms with Crippen LogP contribution in [0.5, 0.6) is 5.75 Å². The van der Waals surface area contributed by atoms with Crippen molar-refractivity contribution in [1.29, 1.82) is 0 Å². The molecule has 0 unspecified atom stereocenters. The lowest BCUT2D eigenvalue weighted by Gasteiger charge is -2.28. The number of hydrogen-bond donors (Lipinski definition) is 0. The van der Waals surface area contributed by atoms with Crippen molar-refractivity contribution < 1.29 is 26.7 Å². The predicted octanol–water partition coefficient (Wildman–Crippen LogP) is 8.52. The summed E-state index contributed by atoms with van der Waals surface area (Å²) in [5, 5.41) is 0. The van der Waals surface area contributed by atoms with E-state index in [1.807, 2.05) is 0 Å². The van der Waals surface area contributed by atoms with E-state index in [4.69, 9.17) is 0 Å². The molecule has 0 radical (unpaired) electrons. The molecule has 1 fully saturated rings. The Morgan fingerprint density at radius 1 is 0.900 bits per heavy atom. The van der Waals surface area contributed by atoms with Gasteiger partial charge in [0.25, 0.3) is 0 Å². The van der Waals surface area contributed by atoms with Crippen molar-refractivity contribution >= 4 is 0 Å². The normalized spacial score (nSPS) is 20.1. The first kappa shape index (κ1) is 24.7. The van der Waals surface area contributed by atoms with E-state index in [0.717, 1.165) is 50.2 Å². The fourth-order valence-electron chi connectivity index (χ4n) is 4.25. The SMILES string of the molecule is CCC/C=C/CCCCC1CCC(CCc2cc(F)c(OC(F)(F)F)c(F)c2)CC1. The summed E-state index contributed by atoms with van der Waals surface area (Å²) in [5.41, 5.74) is 0.373. The highest BCUT2D eigenvalue weighted by Crippen LogP contribution is 2.35. The quantitative estimate of drug-likeness (QED) is 0.193. The Hall–Kier alpha value is -1.59. The Morgan fingerprint density at radius 3 is 2.03 bits per heavy atom. The molecule has 6 heteroatoms.